The molecule has 0 bridgehead atoms. The average molecular weight is 370 g/mol. The highest BCUT2D eigenvalue weighted by Gasteiger charge is 2.17. The highest BCUT2D eigenvalue weighted by Crippen LogP contribution is 2.30. The van der Waals surface area contributed by atoms with Crippen LogP contribution in [0.25, 0.3) is 0 Å². The van der Waals surface area contributed by atoms with Crippen LogP contribution in [0.4, 0.5) is 5.69 Å². The summed E-state index contributed by atoms with van der Waals surface area (Å²) in [5.74, 6) is 0.187. The van der Waals surface area contributed by atoms with Gasteiger partial charge in [-0.1, -0.05) is 11.6 Å². The summed E-state index contributed by atoms with van der Waals surface area (Å²) in [5.41, 5.74) is 1.40. The SMILES string of the molecule is COc1cc(Cl)c(C)cc1NC(=O)CCNC(=O)CC1COCCN1. The van der Waals surface area contributed by atoms with E-state index in [0.717, 1.165) is 12.1 Å². The van der Waals surface area contributed by atoms with Crippen molar-refractivity contribution in [2.45, 2.75) is 25.8 Å². The summed E-state index contributed by atoms with van der Waals surface area (Å²) in [6.45, 7) is 4.08. The van der Waals surface area contributed by atoms with Gasteiger partial charge in [-0.15, -0.1) is 0 Å². The van der Waals surface area contributed by atoms with E-state index in [-0.39, 0.29) is 30.8 Å². The van der Waals surface area contributed by atoms with Gasteiger partial charge in [-0.05, 0) is 18.6 Å². The molecule has 1 aromatic carbocycles. The van der Waals surface area contributed by atoms with Gasteiger partial charge >= 0.3 is 0 Å². The quantitative estimate of drug-likeness (QED) is 0.677. The van der Waals surface area contributed by atoms with Crippen molar-refractivity contribution < 1.29 is 19.1 Å². The molecule has 0 aliphatic carbocycles. The summed E-state index contributed by atoms with van der Waals surface area (Å²) in [6.07, 6.45) is 0.511. The first-order valence-corrected chi connectivity index (χ1v) is 8.59. The molecule has 1 heterocycles. The van der Waals surface area contributed by atoms with Crippen LogP contribution in [0.15, 0.2) is 12.1 Å². The van der Waals surface area contributed by atoms with Gasteiger partial charge in [-0.3, -0.25) is 9.59 Å². The van der Waals surface area contributed by atoms with Crippen molar-refractivity contribution in [2.75, 3.05) is 38.7 Å². The van der Waals surface area contributed by atoms with Gasteiger partial charge in [0.05, 0.1) is 26.0 Å². The van der Waals surface area contributed by atoms with Crippen LogP contribution in [0.5, 0.6) is 5.75 Å². The van der Waals surface area contributed by atoms with Crippen LogP contribution in [0.3, 0.4) is 0 Å². The van der Waals surface area contributed by atoms with Gasteiger partial charge in [0.1, 0.15) is 5.75 Å². The number of hydrogen-bond acceptors (Lipinski definition) is 5. The number of nitrogens with one attached hydrogen (secondary N) is 3. The number of halogens is 1. The van der Waals surface area contributed by atoms with E-state index in [1.54, 1.807) is 12.1 Å². The molecule has 1 atom stereocenters. The van der Waals surface area contributed by atoms with Gasteiger partial charge < -0.3 is 25.4 Å². The minimum absolute atomic E-state index is 0.0314. The Labute approximate surface area is 152 Å². The molecule has 1 unspecified atom stereocenters. The molecule has 2 amide bonds. The fourth-order valence-corrected chi connectivity index (χ4v) is 2.66. The Morgan fingerprint density at radius 1 is 1.40 bits per heavy atom. The number of carbonyl (C=O) groups is 2. The van der Waals surface area contributed by atoms with E-state index < -0.39 is 0 Å². The van der Waals surface area contributed by atoms with E-state index in [0.29, 0.717) is 36.1 Å². The molecule has 3 N–H and O–H groups in total. The number of morpholine rings is 1. The third kappa shape index (κ3) is 6.19. The second-order valence-corrected chi connectivity index (χ2v) is 6.29. The van der Waals surface area contributed by atoms with Gasteiger partial charge in [0, 0.05) is 43.1 Å². The van der Waals surface area contributed by atoms with Crippen LogP contribution in [-0.4, -0.2) is 51.3 Å². The largest absolute Gasteiger partial charge is 0.495 e. The number of amides is 2. The first-order valence-electron chi connectivity index (χ1n) is 8.21. The van der Waals surface area contributed by atoms with Gasteiger partial charge in [-0.25, -0.2) is 0 Å². The number of aryl methyl sites for hydroxylation is 1. The number of methoxy groups -OCH3 is 1. The van der Waals surface area contributed by atoms with Crippen molar-refractivity contribution in [3.63, 3.8) is 0 Å². The molecule has 1 saturated heterocycles. The molecule has 1 aromatic rings. The predicted octanol–water partition coefficient (Wildman–Crippen LogP) is 1.48. The van der Waals surface area contributed by atoms with Crippen molar-refractivity contribution in [1.29, 1.82) is 0 Å². The Morgan fingerprint density at radius 2 is 2.20 bits per heavy atom. The van der Waals surface area contributed by atoms with E-state index in [9.17, 15) is 9.59 Å². The third-order valence-corrected chi connectivity index (χ3v) is 4.27. The molecule has 1 aliphatic rings. The van der Waals surface area contributed by atoms with Crippen LogP contribution in [-0.2, 0) is 14.3 Å². The molecule has 1 fully saturated rings. The average Bonchev–Trinajstić information content (AvgIpc) is 2.58. The topological polar surface area (TPSA) is 88.7 Å². The summed E-state index contributed by atoms with van der Waals surface area (Å²) >= 11 is 6.05. The van der Waals surface area contributed by atoms with Crippen LogP contribution in [0.2, 0.25) is 5.02 Å². The van der Waals surface area contributed by atoms with Crippen LogP contribution in [0.1, 0.15) is 18.4 Å². The van der Waals surface area contributed by atoms with Crippen molar-refractivity contribution in [1.82, 2.24) is 10.6 Å². The molecular weight excluding hydrogens is 346 g/mol. The monoisotopic (exact) mass is 369 g/mol. The Kier molecular flexibility index (Phi) is 7.49. The van der Waals surface area contributed by atoms with Gasteiger partial charge in [0.2, 0.25) is 11.8 Å². The summed E-state index contributed by atoms with van der Waals surface area (Å²) in [5, 5.41) is 9.31. The number of ether oxygens (including phenoxy) is 2. The molecule has 8 heteroatoms. The van der Waals surface area contributed by atoms with Crippen LogP contribution < -0.4 is 20.7 Å². The molecule has 0 radical (unpaired) electrons. The second-order valence-electron chi connectivity index (χ2n) is 5.88. The summed E-state index contributed by atoms with van der Waals surface area (Å²) < 4.78 is 10.5. The van der Waals surface area contributed by atoms with E-state index in [4.69, 9.17) is 21.1 Å². The maximum Gasteiger partial charge on any atom is 0.226 e. The Balaban J connectivity index is 1.75. The number of benzene rings is 1. The second kappa shape index (κ2) is 9.60. The minimum atomic E-state index is -0.209. The van der Waals surface area contributed by atoms with Crippen molar-refractivity contribution in [3.8, 4) is 5.75 Å². The first kappa shape index (κ1) is 19.5. The standard InChI is InChI=1S/C17H24ClN3O4/c1-11-7-14(15(24-2)9-13(11)18)21-16(22)3-4-20-17(23)8-12-10-25-6-5-19-12/h7,9,12,19H,3-6,8,10H2,1-2H3,(H,20,23)(H,21,22). The lowest BCUT2D eigenvalue weighted by Gasteiger charge is -2.23. The summed E-state index contributed by atoms with van der Waals surface area (Å²) in [7, 11) is 1.51. The van der Waals surface area contributed by atoms with Gasteiger partial charge in [0.25, 0.3) is 0 Å². The molecule has 0 saturated carbocycles. The molecule has 7 nitrogen and oxygen atoms in total. The number of hydrogen-bond donors (Lipinski definition) is 3. The summed E-state index contributed by atoms with van der Waals surface area (Å²) in [4.78, 5) is 23.9. The molecular formula is C17H24ClN3O4. The highest BCUT2D eigenvalue weighted by molar-refractivity contribution is 6.31. The zero-order chi connectivity index (χ0) is 18.2. The van der Waals surface area contributed by atoms with E-state index in [2.05, 4.69) is 16.0 Å². The molecule has 0 aromatic heterocycles. The fraction of sp³-hybridized carbons (Fsp3) is 0.529. The Hall–Kier alpha value is -1.83. The van der Waals surface area contributed by atoms with Gasteiger partial charge in [-0.2, -0.15) is 0 Å². The zero-order valence-corrected chi connectivity index (χ0v) is 15.2. The van der Waals surface area contributed by atoms with Crippen molar-refractivity contribution >= 4 is 29.1 Å². The predicted molar refractivity (Wildman–Crippen MR) is 96.2 cm³/mol. The molecule has 25 heavy (non-hydrogen) atoms. The molecule has 0 spiro atoms. The van der Waals surface area contributed by atoms with E-state index in [1.807, 2.05) is 6.92 Å². The maximum atomic E-state index is 12.1. The van der Waals surface area contributed by atoms with Crippen LogP contribution in [0, 0.1) is 6.92 Å². The van der Waals surface area contributed by atoms with E-state index in [1.165, 1.54) is 7.11 Å². The lowest BCUT2D eigenvalue weighted by atomic mass is 10.2. The van der Waals surface area contributed by atoms with Crippen molar-refractivity contribution in [3.05, 3.63) is 22.7 Å². The highest BCUT2D eigenvalue weighted by atomic mass is 35.5. The Morgan fingerprint density at radius 3 is 2.88 bits per heavy atom. The molecule has 138 valence electrons. The van der Waals surface area contributed by atoms with Crippen molar-refractivity contribution in [2.24, 2.45) is 0 Å². The summed E-state index contributed by atoms with van der Waals surface area (Å²) in [6, 6.07) is 3.45. The smallest absolute Gasteiger partial charge is 0.226 e. The lowest BCUT2D eigenvalue weighted by Crippen LogP contribution is -2.44. The Bertz CT molecular complexity index is 618. The third-order valence-electron chi connectivity index (χ3n) is 3.86. The molecule has 1 aliphatic heterocycles. The molecule has 2 rings (SSSR count). The number of rotatable bonds is 7. The van der Waals surface area contributed by atoms with E-state index >= 15 is 0 Å². The number of anilines is 1. The normalized spacial score (nSPS) is 17.0. The minimum Gasteiger partial charge on any atom is -0.495 e. The number of carbonyl (C=O) groups excluding carboxylic acids is 2. The first-order chi connectivity index (χ1) is 12.0. The zero-order valence-electron chi connectivity index (χ0n) is 14.5. The van der Waals surface area contributed by atoms with Gasteiger partial charge in [0.15, 0.2) is 0 Å². The maximum absolute atomic E-state index is 12.1. The fourth-order valence-electron chi connectivity index (χ4n) is 2.50. The van der Waals surface area contributed by atoms with Crippen LogP contribution >= 0.6 is 11.6 Å². The lowest BCUT2D eigenvalue weighted by molar-refractivity contribution is -0.122.